The monoisotopic (exact) mass is 752 g/mol. The summed E-state index contributed by atoms with van der Waals surface area (Å²) in [6.07, 6.45) is 3.06. The third kappa shape index (κ3) is 9.80. The van der Waals surface area contributed by atoms with Crippen LogP contribution < -0.4 is 0 Å². The van der Waals surface area contributed by atoms with Crippen molar-refractivity contribution in [1.82, 2.24) is 25.1 Å². The molecule has 0 spiro atoms. The minimum atomic E-state index is -0.356. The van der Waals surface area contributed by atoms with Gasteiger partial charge in [-0.2, -0.15) is 20.2 Å². The average molecular weight is 754 g/mol. The van der Waals surface area contributed by atoms with Crippen molar-refractivity contribution in [3.05, 3.63) is 107 Å². The molecule has 4 bridgehead atoms. The van der Waals surface area contributed by atoms with E-state index in [4.69, 9.17) is 54.4 Å². The van der Waals surface area contributed by atoms with Crippen LogP contribution >= 0.6 is 23.2 Å². The summed E-state index contributed by atoms with van der Waals surface area (Å²) in [7, 11) is 0. The van der Waals surface area contributed by atoms with Crippen molar-refractivity contribution in [2.75, 3.05) is 13.1 Å². The Morgan fingerprint density at radius 1 is 0.942 bits per heavy atom. The lowest BCUT2D eigenvalue weighted by molar-refractivity contribution is -0.140. The number of hydrogen-bond donors (Lipinski definition) is 1. The third-order valence-corrected chi connectivity index (χ3v) is 8.94. The summed E-state index contributed by atoms with van der Waals surface area (Å²) < 4.78 is 4.95. The van der Waals surface area contributed by atoms with E-state index in [2.05, 4.69) is 21.7 Å². The Bertz CT molecular complexity index is 1760. The predicted molar refractivity (Wildman–Crippen MR) is 195 cm³/mol. The number of amides is 4. The average Bonchev–Trinajstić information content (AvgIpc) is 3.80. The Morgan fingerprint density at radius 2 is 1.44 bits per heavy atom. The van der Waals surface area contributed by atoms with Gasteiger partial charge in [-0.15, -0.1) is 0 Å². The summed E-state index contributed by atoms with van der Waals surface area (Å²) in [4.78, 5) is 43.1. The van der Waals surface area contributed by atoms with Crippen LogP contribution in [-0.4, -0.2) is 78.7 Å². The molecule has 3 aromatic rings. The summed E-state index contributed by atoms with van der Waals surface area (Å²) in [5.74, 6) is 0.149. The first-order valence-corrected chi connectivity index (χ1v) is 16.5. The van der Waals surface area contributed by atoms with Gasteiger partial charge in [-0.25, -0.2) is 9.59 Å². The number of halogens is 2. The fourth-order valence-corrected chi connectivity index (χ4v) is 6.37. The van der Waals surface area contributed by atoms with E-state index in [-0.39, 0.29) is 67.2 Å². The minimum Gasteiger partial charge on any atom is -0.410 e. The Hall–Kier alpha value is -5.12. The molecule has 14 nitrogen and oxygen atoms in total. The lowest BCUT2D eigenvalue weighted by Crippen LogP contribution is -2.43. The van der Waals surface area contributed by atoms with Gasteiger partial charge in [0.1, 0.15) is 24.3 Å². The van der Waals surface area contributed by atoms with Crippen LogP contribution in [0.5, 0.6) is 0 Å². The van der Waals surface area contributed by atoms with E-state index in [0.29, 0.717) is 38.4 Å². The van der Waals surface area contributed by atoms with E-state index in [9.17, 15) is 9.59 Å². The number of hydrogen-bond acceptors (Lipinski definition) is 9. The number of carbonyl (C=O) groups is 2. The van der Waals surface area contributed by atoms with E-state index in [1.54, 1.807) is 21.9 Å². The number of hydroxylamine groups is 4. The van der Waals surface area contributed by atoms with Gasteiger partial charge in [0.15, 0.2) is 5.17 Å². The molecule has 276 valence electrons. The first-order chi connectivity index (χ1) is 24.2. The van der Waals surface area contributed by atoms with Crippen LogP contribution in [0.25, 0.3) is 4.85 Å². The van der Waals surface area contributed by atoms with Crippen LogP contribution in [0.15, 0.2) is 88.0 Å². The predicted octanol–water partition coefficient (Wildman–Crippen LogP) is 8.25. The molecule has 4 fully saturated rings. The SMILES string of the molecule is C.C.C=C(Cl)C#N.O=C1N2C[C@@H](CC[C@H]2/C(Cl)=N/O)N1OCc1ccccc1.[C-]#[N+]c1cc([C@@H]2CC[C@@H]3CN2C(=O)N3OCc2ccccc2)no1. The molecule has 0 unspecified atom stereocenters. The molecule has 0 aliphatic carbocycles. The molecule has 4 aliphatic rings. The molecule has 1 aromatic heterocycles. The topological polar surface area (TPSA) is 152 Å². The maximum absolute atomic E-state index is 12.7. The van der Waals surface area contributed by atoms with Gasteiger partial charge in [0.25, 0.3) is 0 Å². The molecule has 4 amide bonds. The fraction of sp³-hybridized carbons (Fsp3) is 0.389. The highest BCUT2D eigenvalue weighted by molar-refractivity contribution is 6.66. The minimum absolute atomic E-state index is 0. The van der Waals surface area contributed by atoms with Gasteiger partial charge in [0.2, 0.25) is 0 Å². The summed E-state index contributed by atoms with van der Waals surface area (Å²) in [6, 6.07) is 21.9. The van der Waals surface area contributed by atoms with Gasteiger partial charge >= 0.3 is 17.9 Å². The zero-order valence-electron chi connectivity index (χ0n) is 26.8. The fourth-order valence-electron chi connectivity index (χ4n) is 6.14. The molecule has 2 aromatic carbocycles. The number of nitrogens with zero attached hydrogens (tertiary/aromatic N) is 8. The standard InChI is InChI=1S/C17H16N4O3.C14H16ClN3O3.C3H2ClN.2CH4/c1-18-16-9-14(19-24-16)15-8-7-13-10-20(15)17(22)21(13)23-11-12-5-3-2-4-6-12;15-13(16-20)12-7-6-11-8-17(12)14(19)18(11)21-9-10-4-2-1-3-5-10;1-3(4)2-5;;/h2-6,9,13,15H,7-8,10-11H2;1-5,11-12,20H,6-9H2;1H2;2*1H4/b;16-13-;;;/t13-,15+;11-,12+;;;/m11.../s1. The molecule has 4 aliphatic heterocycles. The summed E-state index contributed by atoms with van der Waals surface area (Å²) in [6.45, 7) is 11.9. The van der Waals surface area contributed by atoms with Gasteiger partial charge < -0.3 is 19.5 Å². The van der Waals surface area contributed by atoms with E-state index in [1.165, 1.54) is 10.1 Å². The first-order valence-electron chi connectivity index (χ1n) is 15.7. The number of oxime groups is 1. The number of carbonyl (C=O) groups excluding carboxylic acids is 2. The third-order valence-electron chi connectivity index (χ3n) is 8.53. The largest absolute Gasteiger partial charge is 0.410 e. The van der Waals surface area contributed by atoms with Gasteiger partial charge in [-0.1, -0.05) is 116 Å². The summed E-state index contributed by atoms with van der Waals surface area (Å²) in [5.41, 5.74) is 2.67. The van der Waals surface area contributed by atoms with Crippen molar-refractivity contribution in [2.24, 2.45) is 5.16 Å². The number of aromatic nitrogens is 1. The number of urea groups is 2. The van der Waals surface area contributed by atoms with Crippen LogP contribution in [0.1, 0.15) is 63.4 Å². The molecule has 4 saturated heterocycles. The zero-order chi connectivity index (χ0) is 35.6. The maximum atomic E-state index is 12.7. The van der Waals surface area contributed by atoms with Crippen molar-refractivity contribution in [2.45, 2.75) is 77.9 Å². The van der Waals surface area contributed by atoms with Gasteiger partial charge in [0.05, 0.1) is 36.4 Å². The Kier molecular flexibility index (Phi) is 15.5. The number of rotatable bonds is 8. The molecule has 4 atom stereocenters. The molecule has 5 heterocycles. The highest BCUT2D eigenvalue weighted by Gasteiger charge is 2.48. The second kappa shape index (κ2) is 19.5. The number of benzene rings is 2. The maximum Gasteiger partial charge on any atom is 0.367 e. The Labute approximate surface area is 313 Å². The van der Waals surface area contributed by atoms with Crippen molar-refractivity contribution in [3.63, 3.8) is 0 Å². The first kappa shape index (κ1) is 41.3. The van der Waals surface area contributed by atoms with Crippen LogP contribution in [0.4, 0.5) is 15.5 Å². The molecule has 16 heteroatoms. The van der Waals surface area contributed by atoms with Crippen molar-refractivity contribution in [1.29, 1.82) is 5.26 Å². The molecule has 0 radical (unpaired) electrons. The van der Waals surface area contributed by atoms with Crippen LogP contribution in [-0.2, 0) is 22.9 Å². The van der Waals surface area contributed by atoms with Gasteiger partial charge in [-0.3, -0.25) is 9.68 Å². The molecular formula is C36H42Cl2N8O6. The number of fused-ring (bicyclic) bond motifs is 4. The second-order valence-corrected chi connectivity index (χ2v) is 12.5. The Morgan fingerprint density at radius 3 is 1.92 bits per heavy atom. The van der Waals surface area contributed by atoms with E-state index in [0.717, 1.165) is 30.4 Å². The molecule has 52 heavy (non-hydrogen) atoms. The second-order valence-electron chi connectivity index (χ2n) is 11.7. The van der Waals surface area contributed by atoms with E-state index < -0.39 is 0 Å². The lowest BCUT2D eigenvalue weighted by atomic mass is 9.98. The quantitative estimate of drug-likeness (QED) is 0.0794. The van der Waals surface area contributed by atoms with Gasteiger partial charge in [-0.05, 0) is 36.8 Å². The lowest BCUT2D eigenvalue weighted by Gasteiger charge is -2.28. The summed E-state index contributed by atoms with van der Waals surface area (Å²) in [5, 5.41) is 26.4. The highest BCUT2D eigenvalue weighted by atomic mass is 35.5. The van der Waals surface area contributed by atoms with Crippen LogP contribution in [0.3, 0.4) is 0 Å². The number of piperidine rings is 2. The van der Waals surface area contributed by atoms with Crippen molar-refractivity contribution < 1.29 is 29.0 Å². The number of allylic oxidation sites excluding steroid dienone is 1. The van der Waals surface area contributed by atoms with Crippen LogP contribution in [0, 0.1) is 17.9 Å². The normalized spacial score (nSPS) is 21.3. The van der Waals surface area contributed by atoms with E-state index in [1.807, 2.05) is 60.7 Å². The summed E-state index contributed by atoms with van der Waals surface area (Å²) >= 11 is 10.8. The van der Waals surface area contributed by atoms with Crippen molar-refractivity contribution >= 4 is 46.3 Å². The van der Waals surface area contributed by atoms with Crippen molar-refractivity contribution in [3.8, 4) is 6.07 Å². The van der Waals surface area contributed by atoms with E-state index >= 15 is 0 Å². The smallest absolute Gasteiger partial charge is 0.367 e. The number of nitriles is 1. The highest BCUT2D eigenvalue weighted by Crippen LogP contribution is 2.39. The Balaban J connectivity index is 0.000000242. The molecule has 7 rings (SSSR count). The van der Waals surface area contributed by atoms with Gasteiger partial charge in [0, 0.05) is 19.2 Å². The zero-order valence-corrected chi connectivity index (χ0v) is 28.4. The van der Waals surface area contributed by atoms with Crippen LogP contribution in [0.2, 0.25) is 0 Å². The molecular weight excluding hydrogens is 711 g/mol. The molecule has 0 saturated carbocycles. The molecule has 1 N–H and O–H groups in total.